The molecule has 0 aliphatic carbocycles. The average molecular weight is 179 g/mol. The zero-order valence-corrected chi connectivity index (χ0v) is 6.31. The normalized spacial score (nSPS) is 10.2. The lowest BCUT2D eigenvalue weighted by atomic mass is 10.2. The van der Waals surface area contributed by atoms with Crippen LogP contribution in [0.2, 0.25) is 0 Å². The standard InChI is InChI=1S/C8H3F2N3/c9-4-1-5(10)8-6(2-4)12-13-7(8)3-11/h1-2H,(H,12,13). The molecular weight excluding hydrogens is 176 g/mol. The number of H-pyrrole nitrogens is 1. The minimum Gasteiger partial charge on any atom is -0.276 e. The van der Waals surface area contributed by atoms with Gasteiger partial charge in [0.15, 0.2) is 5.69 Å². The molecule has 0 aliphatic heterocycles. The topological polar surface area (TPSA) is 52.5 Å². The predicted molar refractivity (Wildman–Crippen MR) is 40.7 cm³/mol. The van der Waals surface area contributed by atoms with Gasteiger partial charge in [0.05, 0.1) is 10.9 Å². The number of benzene rings is 1. The van der Waals surface area contributed by atoms with Crippen LogP contribution in [0.4, 0.5) is 8.78 Å². The van der Waals surface area contributed by atoms with E-state index < -0.39 is 11.6 Å². The van der Waals surface area contributed by atoms with Gasteiger partial charge in [-0.25, -0.2) is 8.78 Å². The number of fused-ring (bicyclic) bond motifs is 1. The molecule has 1 aromatic heterocycles. The maximum Gasteiger partial charge on any atom is 0.173 e. The van der Waals surface area contributed by atoms with E-state index >= 15 is 0 Å². The molecule has 2 rings (SSSR count). The molecular formula is C8H3F2N3. The van der Waals surface area contributed by atoms with Crippen molar-refractivity contribution in [1.82, 2.24) is 10.2 Å². The van der Waals surface area contributed by atoms with Crippen LogP contribution >= 0.6 is 0 Å². The third-order valence-electron chi connectivity index (χ3n) is 1.69. The van der Waals surface area contributed by atoms with Crippen molar-refractivity contribution < 1.29 is 8.78 Å². The van der Waals surface area contributed by atoms with Crippen molar-refractivity contribution in [3.8, 4) is 6.07 Å². The third kappa shape index (κ3) is 1.04. The summed E-state index contributed by atoms with van der Waals surface area (Å²) in [6, 6.07) is 3.52. The zero-order valence-electron chi connectivity index (χ0n) is 6.31. The van der Waals surface area contributed by atoms with Gasteiger partial charge in [-0.05, 0) is 6.07 Å². The first kappa shape index (κ1) is 7.68. The second-order valence-electron chi connectivity index (χ2n) is 2.49. The molecule has 2 aromatic rings. The summed E-state index contributed by atoms with van der Waals surface area (Å²) in [4.78, 5) is 0. The van der Waals surface area contributed by atoms with Gasteiger partial charge in [0.1, 0.15) is 17.7 Å². The Bertz CT molecular complexity index is 510. The Morgan fingerprint density at radius 3 is 2.85 bits per heavy atom. The number of aromatic nitrogens is 2. The van der Waals surface area contributed by atoms with E-state index in [1.807, 2.05) is 0 Å². The fourth-order valence-corrected chi connectivity index (χ4v) is 1.16. The highest BCUT2D eigenvalue weighted by molar-refractivity contribution is 5.84. The molecule has 0 saturated carbocycles. The van der Waals surface area contributed by atoms with Crippen LogP contribution in [0.3, 0.4) is 0 Å². The highest BCUT2D eigenvalue weighted by Crippen LogP contribution is 2.20. The van der Waals surface area contributed by atoms with Crippen LogP contribution < -0.4 is 0 Å². The quantitative estimate of drug-likeness (QED) is 0.669. The number of nitrogens with zero attached hydrogens (tertiary/aromatic N) is 2. The summed E-state index contributed by atoms with van der Waals surface area (Å²) in [5.41, 5.74) is 0.126. The Balaban J connectivity index is 2.92. The molecule has 0 saturated heterocycles. The molecule has 0 spiro atoms. The molecule has 13 heavy (non-hydrogen) atoms. The van der Waals surface area contributed by atoms with Gasteiger partial charge < -0.3 is 0 Å². The summed E-state index contributed by atoms with van der Waals surface area (Å²) in [6.45, 7) is 0. The maximum atomic E-state index is 13.1. The molecule has 0 radical (unpaired) electrons. The third-order valence-corrected chi connectivity index (χ3v) is 1.69. The van der Waals surface area contributed by atoms with Crippen molar-refractivity contribution in [2.45, 2.75) is 0 Å². The molecule has 64 valence electrons. The van der Waals surface area contributed by atoms with Gasteiger partial charge >= 0.3 is 0 Å². The van der Waals surface area contributed by atoms with E-state index in [-0.39, 0.29) is 16.6 Å². The van der Waals surface area contributed by atoms with Crippen LogP contribution in [-0.4, -0.2) is 10.2 Å². The molecule has 0 aliphatic rings. The van der Waals surface area contributed by atoms with E-state index in [1.54, 1.807) is 6.07 Å². The number of hydrogen-bond donors (Lipinski definition) is 1. The van der Waals surface area contributed by atoms with Crippen LogP contribution in [0.25, 0.3) is 10.9 Å². The number of hydrogen-bond acceptors (Lipinski definition) is 2. The van der Waals surface area contributed by atoms with E-state index in [2.05, 4.69) is 10.2 Å². The Labute approximate surface area is 71.6 Å². The molecule has 0 fully saturated rings. The number of nitriles is 1. The summed E-state index contributed by atoms with van der Waals surface area (Å²) < 4.78 is 25.7. The number of aromatic amines is 1. The average Bonchev–Trinajstić information content (AvgIpc) is 2.47. The van der Waals surface area contributed by atoms with Gasteiger partial charge in [-0.3, -0.25) is 5.10 Å². The second-order valence-corrected chi connectivity index (χ2v) is 2.49. The molecule has 0 amide bonds. The largest absolute Gasteiger partial charge is 0.276 e. The molecule has 5 heteroatoms. The smallest absolute Gasteiger partial charge is 0.173 e. The molecule has 0 unspecified atom stereocenters. The lowest BCUT2D eigenvalue weighted by Crippen LogP contribution is -1.82. The number of rotatable bonds is 0. The van der Waals surface area contributed by atoms with Gasteiger partial charge in [-0.1, -0.05) is 0 Å². The van der Waals surface area contributed by atoms with Crippen molar-refractivity contribution in [3.63, 3.8) is 0 Å². The Morgan fingerprint density at radius 2 is 2.15 bits per heavy atom. The summed E-state index contributed by atoms with van der Waals surface area (Å²) in [5.74, 6) is -1.47. The highest BCUT2D eigenvalue weighted by atomic mass is 19.1. The van der Waals surface area contributed by atoms with Gasteiger partial charge in [0.25, 0.3) is 0 Å². The zero-order chi connectivity index (χ0) is 9.42. The lowest BCUT2D eigenvalue weighted by molar-refractivity contribution is 0.592. The Hall–Kier alpha value is -1.96. The van der Waals surface area contributed by atoms with Crippen molar-refractivity contribution in [1.29, 1.82) is 5.26 Å². The predicted octanol–water partition coefficient (Wildman–Crippen LogP) is 1.71. The highest BCUT2D eigenvalue weighted by Gasteiger charge is 2.11. The van der Waals surface area contributed by atoms with E-state index in [4.69, 9.17) is 5.26 Å². The lowest BCUT2D eigenvalue weighted by Gasteiger charge is -1.91. The van der Waals surface area contributed by atoms with Crippen molar-refractivity contribution in [2.75, 3.05) is 0 Å². The molecule has 3 nitrogen and oxygen atoms in total. The van der Waals surface area contributed by atoms with Gasteiger partial charge in [0, 0.05) is 6.07 Å². The first-order valence-electron chi connectivity index (χ1n) is 3.45. The van der Waals surface area contributed by atoms with Crippen LogP contribution in [-0.2, 0) is 0 Å². The van der Waals surface area contributed by atoms with Crippen LogP contribution in [0.1, 0.15) is 5.69 Å². The van der Waals surface area contributed by atoms with Crippen LogP contribution in [0.5, 0.6) is 0 Å². The van der Waals surface area contributed by atoms with Gasteiger partial charge in [-0.15, -0.1) is 0 Å². The first-order chi connectivity index (χ1) is 6.22. The van der Waals surface area contributed by atoms with Crippen molar-refractivity contribution in [3.05, 3.63) is 29.5 Å². The molecule has 1 N–H and O–H groups in total. The number of halogens is 2. The SMILES string of the molecule is N#Cc1n[nH]c2cc(F)cc(F)c12. The molecule has 1 aromatic carbocycles. The monoisotopic (exact) mass is 179 g/mol. The van der Waals surface area contributed by atoms with Gasteiger partial charge in [-0.2, -0.15) is 10.4 Å². The van der Waals surface area contributed by atoms with Crippen LogP contribution in [0.15, 0.2) is 12.1 Å². The van der Waals surface area contributed by atoms with E-state index in [0.717, 1.165) is 12.1 Å². The maximum absolute atomic E-state index is 13.1. The molecule has 0 bridgehead atoms. The first-order valence-corrected chi connectivity index (χ1v) is 3.45. The van der Waals surface area contributed by atoms with Gasteiger partial charge in [0.2, 0.25) is 0 Å². The van der Waals surface area contributed by atoms with E-state index in [0.29, 0.717) is 0 Å². The Kier molecular flexibility index (Phi) is 1.49. The van der Waals surface area contributed by atoms with E-state index in [1.165, 1.54) is 0 Å². The molecule has 0 atom stereocenters. The minimum atomic E-state index is -0.777. The molecule has 1 heterocycles. The minimum absolute atomic E-state index is 0.0314. The van der Waals surface area contributed by atoms with E-state index in [9.17, 15) is 8.78 Å². The fraction of sp³-hybridized carbons (Fsp3) is 0. The fourth-order valence-electron chi connectivity index (χ4n) is 1.16. The van der Waals surface area contributed by atoms with Crippen LogP contribution in [0, 0.1) is 23.0 Å². The summed E-state index contributed by atoms with van der Waals surface area (Å²) >= 11 is 0. The van der Waals surface area contributed by atoms with Crippen molar-refractivity contribution in [2.24, 2.45) is 0 Å². The summed E-state index contributed by atoms with van der Waals surface area (Å²) in [7, 11) is 0. The summed E-state index contributed by atoms with van der Waals surface area (Å²) in [5, 5.41) is 14.4. The Morgan fingerprint density at radius 1 is 1.38 bits per heavy atom. The number of nitrogens with one attached hydrogen (secondary N) is 1. The van der Waals surface area contributed by atoms with Crippen molar-refractivity contribution >= 4 is 10.9 Å². The second kappa shape index (κ2) is 2.52. The summed E-state index contributed by atoms with van der Waals surface area (Å²) in [6.07, 6.45) is 0.